The number of amides is 1. The molecule has 33 heavy (non-hydrogen) atoms. The second-order valence-corrected chi connectivity index (χ2v) is 8.39. The first-order valence-electron chi connectivity index (χ1n) is 10.4. The van der Waals surface area contributed by atoms with Gasteiger partial charge in [-0.2, -0.15) is 4.52 Å². The number of nitrogens with zero attached hydrogens (tertiary/aromatic N) is 4. The summed E-state index contributed by atoms with van der Waals surface area (Å²) >= 11 is 3.28. The molecule has 3 aromatic heterocycles. The zero-order valence-corrected chi connectivity index (χ0v) is 19.1. The molecule has 3 heterocycles. The number of rotatable bonds is 6. The number of carbonyl (C=O) groups excluding carboxylic acids is 1. The largest absolute Gasteiger partial charge is 0.446 e. The Morgan fingerprint density at radius 1 is 0.939 bits per heavy atom. The van der Waals surface area contributed by atoms with Gasteiger partial charge in [-0.05, 0) is 51.3 Å². The number of nitrogens with two attached hydrogens (primary N) is 1. The van der Waals surface area contributed by atoms with Crippen molar-refractivity contribution in [1.29, 1.82) is 0 Å². The molecule has 1 amide bonds. The molecule has 0 spiro atoms. The number of pyridine rings is 1. The summed E-state index contributed by atoms with van der Waals surface area (Å²) in [6, 6.07) is 26.7. The molecular formula is C25H20BrN5O2. The fourth-order valence-corrected chi connectivity index (χ4v) is 3.97. The van der Waals surface area contributed by atoms with Crippen molar-refractivity contribution in [2.24, 2.45) is 0 Å². The number of benzene rings is 2. The van der Waals surface area contributed by atoms with E-state index in [1.165, 1.54) is 4.52 Å². The van der Waals surface area contributed by atoms with Crippen LogP contribution in [0.3, 0.4) is 0 Å². The zero-order chi connectivity index (χ0) is 22.8. The van der Waals surface area contributed by atoms with Crippen molar-refractivity contribution in [3.05, 3.63) is 106 Å². The van der Waals surface area contributed by atoms with Crippen molar-refractivity contribution in [1.82, 2.24) is 19.5 Å². The second-order valence-electron chi connectivity index (χ2n) is 7.61. The van der Waals surface area contributed by atoms with Crippen molar-refractivity contribution < 1.29 is 9.21 Å². The number of nitrogen functional groups attached to an aromatic ring is 1. The van der Waals surface area contributed by atoms with Crippen LogP contribution in [0, 0.1) is 0 Å². The van der Waals surface area contributed by atoms with Crippen LogP contribution in [0.5, 0.6) is 0 Å². The lowest BCUT2D eigenvalue weighted by Gasteiger charge is -2.23. The van der Waals surface area contributed by atoms with Crippen LogP contribution in [0.25, 0.3) is 17.2 Å². The Morgan fingerprint density at radius 3 is 2.15 bits per heavy atom. The molecule has 0 aliphatic heterocycles. The van der Waals surface area contributed by atoms with E-state index in [1.54, 1.807) is 29.2 Å². The standard InChI is InChI=1S/C25H20BrN5O2/c26-21-12-11-20(33-21)24-28-23-14-19(13-22(27)31(23)29-24)25(32)30(15-17-7-3-1-4-8-17)16-18-9-5-2-6-10-18/h1-14H,15-16,27H2. The van der Waals surface area contributed by atoms with Gasteiger partial charge in [-0.25, -0.2) is 4.98 Å². The highest BCUT2D eigenvalue weighted by atomic mass is 79.9. The van der Waals surface area contributed by atoms with Crippen LogP contribution < -0.4 is 5.73 Å². The number of anilines is 1. The number of fused-ring (bicyclic) bond motifs is 1. The third kappa shape index (κ3) is 4.51. The minimum atomic E-state index is -0.137. The van der Waals surface area contributed by atoms with E-state index in [0.717, 1.165) is 11.1 Å². The van der Waals surface area contributed by atoms with Gasteiger partial charge in [0.15, 0.2) is 16.1 Å². The van der Waals surface area contributed by atoms with Gasteiger partial charge < -0.3 is 15.1 Å². The summed E-state index contributed by atoms with van der Waals surface area (Å²) in [5.74, 6) is 1.08. The number of hydrogen-bond acceptors (Lipinski definition) is 5. The molecule has 5 rings (SSSR count). The molecule has 8 heteroatoms. The molecule has 0 aliphatic rings. The Balaban J connectivity index is 1.50. The van der Waals surface area contributed by atoms with Gasteiger partial charge in [0, 0.05) is 18.7 Å². The highest BCUT2D eigenvalue weighted by molar-refractivity contribution is 9.10. The predicted molar refractivity (Wildman–Crippen MR) is 129 cm³/mol. The summed E-state index contributed by atoms with van der Waals surface area (Å²) in [6.07, 6.45) is 0. The summed E-state index contributed by atoms with van der Waals surface area (Å²) < 4.78 is 7.63. The average Bonchev–Trinajstić information content (AvgIpc) is 3.46. The van der Waals surface area contributed by atoms with Gasteiger partial charge in [-0.15, -0.1) is 5.10 Å². The van der Waals surface area contributed by atoms with Crippen molar-refractivity contribution in [2.75, 3.05) is 5.73 Å². The Kier molecular flexibility index (Phi) is 5.66. The number of carbonyl (C=O) groups is 1. The molecule has 0 unspecified atom stereocenters. The number of hydrogen-bond donors (Lipinski definition) is 1. The van der Waals surface area contributed by atoms with Gasteiger partial charge >= 0.3 is 0 Å². The molecule has 0 radical (unpaired) electrons. The highest BCUT2D eigenvalue weighted by Crippen LogP contribution is 2.24. The van der Waals surface area contributed by atoms with E-state index in [9.17, 15) is 4.79 Å². The van der Waals surface area contributed by atoms with Crippen LogP contribution in [0.2, 0.25) is 0 Å². The third-order valence-corrected chi connectivity index (χ3v) is 5.65. The predicted octanol–water partition coefficient (Wildman–Crippen LogP) is 5.18. The van der Waals surface area contributed by atoms with Gasteiger partial charge in [-0.3, -0.25) is 4.79 Å². The van der Waals surface area contributed by atoms with E-state index in [4.69, 9.17) is 10.2 Å². The minimum Gasteiger partial charge on any atom is -0.446 e. The van der Waals surface area contributed by atoms with E-state index in [0.29, 0.717) is 46.4 Å². The fraction of sp³-hybridized carbons (Fsp3) is 0.0800. The number of halogens is 1. The van der Waals surface area contributed by atoms with E-state index < -0.39 is 0 Å². The first-order valence-corrected chi connectivity index (χ1v) is 11.2. The van der Waals surface area contributed by atoms with Gasteiger partial charge in [0.2, 0.25) is 5.82 Å². The number of aromatic nitrogens is 3. The molecule has 0 bridgehead atoms. The van der Waals surface area contributed by atoms with Crippen molar-refractivity contribution >= 4 is 33.3 Å². The SMILES string of the molecule is Nc1cc(C(=O)N(Cc2ccccc2)Cc2ccccc2)cc2nc(-c3ccc(Br)o3)nn12. The first-order chi connectivity index (χ1) is 16.1. The van der Waals surface area contributed by atoms with Gasteiger partial charge in [0.25, 0.3) is 5.91 Å². The lowest BCUT2D eigenvalue weighted by Crippen LogP contribution is -2.30. The number of furan rings is 1. The maximum absolute atomic E-state index is 13.6. The van der Waals surface area contributed by atoms with Crippen molar-refractivity contribution in [3.63, 3.8) is 0 Å². The van der Waals surface area contributed by atoms with Crippen molar-refractivity contribution in [2.45, 2.75) is 13.1 Å². The monoisotopic (exact) mass is 501 g/mol. The highest BCUT2D eigenvalue weighted by Gasteiger charge is 2.20. The Hall–Kier alpha value is -3.91. The minimum absolute atomic E-state index is 0.137. The molecule has 0 atom stereocenters. The van der Waals surface area contributed by atoms with Crippen molar-refractivity contribution in [3.8, 4) is 11.6 Å². The summed E-state index contributed by atoms with van der Waals surface area (Å²) in [5, 5.41) is 4.42. The van der Waals surface area contributed by atoms with Crippen LogP contribution in [0.15, 0.2) is 94.0 Å². The van der Waals surface area contributed by atoms with Crippen LogP contribution in [0.1, 0.15) is 21.5 Å². The third-order valence-electron chi connectivity index (χ3n) is 5.23. The molecule has 164 valence electrons. The average molecular weight is 502 g/mol. The molecule has 0 aliphatic carbocycles. The van der Waals surface area contributed by atoms with Crippen LogP contribution in [-0.4, -0.2) is 25.4 Å². The molecule has 7 nitrogen and oxygen atoms in total. The van der Waals surface area contributed by atoms with E-state index >= 15 is 0 Å². The molecule has 2 N–H and O–H groups in total. The first kappa shape index (κ1) is 21.0. The molecule has 0 saturated carbocycles. The topological polar surface area (TPSA) is 89.7 Å². The smallest absolute Gasteiger partial charge is 0.254 e. The molecular weight excluding hydrogens is 482 g/mol. The van der Waals surface area contributed by atoms with E-state index in [-0.39, 0.29) is 5.91 Å². The van der Waals surface area contributed by atoms with Crippen LogP contribution >= 0.6 is 15.9 Å². The van der Waals surface area contributed by atoms with Gasteiger partial charge in [-0.1, -0.05) is 60.7 Å². The fourth-order valence-electron chi connectivity index (χ4n) is 3.66. The summed E-state index contributed by atoms with van der Waals surface area (Å²) in [4.78, 5) is 19.9. The van der Waals surface area contributed by atoms with E-state index in [2.05, 4.69) is 26.0 Å². The van der Waals surface area contributed by atoms with Crippen LogP contribution in [-0.2, 0) is 13.1 Å². The lowest BCUT2D eigenvalue weighted by atomic mass is 10.1. The Morgan fingerprint density at radius 2 is 1.58 bits per heavy atom. The lowest BCUT2D eigenvalue weighted by molar-refractivity contribution is 0.0730. The molecule has 0 fully saturated rings. The summed E-state index contributed by atoms with van der Waals surface area (Å²) in [7, 11) is 0. The van der Waals surface area contributed by atoms with Gasteiger partial charge in [0.1, 0.15) is 5.82 Å². The maximum atomic E-state index is 13.6. The maximum Gasteiger partial charge on any atom is 0.254 e. The van der Waals surface area contributed by atoms with E-state index in [1.807, 2.05) is 60.7 Å². The normalized spacial score (nSPS) is 11.1. The molecule has 5 aromatic rings. The summed E-state index contributed by atoms with van der Waals surface area (Å²) in [6.45, 7) is 0.941. The molecule has 0 saturated heterocycles. The zero-order valence-electron chi connectivity index (χ0n) is 17.6. The second kappa shape index (κ2) is 8.91. The molecule has 2 aromatic carbocycles. The quantitative estimate of drug-likeness (QED) is 0.346. The Labute approximate surface area is 198 Å². The van der Waals surface area contributed by atoms with Crippen LogP contribution in [0.4, 0.5) is 5.82 Å². The Bertz CT molecular complexity index is 1370. The van der Waals surface area contributed by atoms with Gasteiger partial charge in [0.05, 0.1) is 0 Å². The summed E-state index contributed by atoms with van der Waals surface area (Å²) in [5.41, 5.74) is 9.26.